The van der Waals surface area contributed by atoms with Crippen molar-refractivity contribution in [2.24, 2.45) is 16.5 Å². The van der Waals surface area contributed by atoms with Crippen LogP contribution in [0.4, 0.5) is 0 Å². The van der Waals surface area contributed by atoms with E-state index in [9.17, 15) is 43.8 Å². The number of nitrogens with zero attached hydrogens (tertiary/aromatic N) is 2. The average Bonchev–Trinajstić information content (AvgIpc) is 2.87. The maximum Gasteiger partial charge on any atom is 0.327 e. The molecular formula is C23H38N8O9S2. The molecule has 0 saturated carbocycles. The van der Waals surface area contributed by atoms with Crippen molar-refractivity contribution in [1.29, 1.82) is 0 Å². The fourth-order valence-electron chi connectivity index (χ4n) is 3.81. The SMILES string of the molecule is CC(=O)N[C@H]1CSSC(C)(C)[C@H](C(=O)O)NC(=O)[C@H](CC(=O)O)NC(=O)CNC(=O)[C@H](CCCN=C(N)N)N(C)C1=O. The third-order valence-corrected chi connectivity index (χ3v) is 9.22. The number of nitrogens with two attached hydrogens (primary N) is 2. The summed E-state index contributed by atoms with van der Waals surface area (Å²) in [5.41, 5.74) is 10.7. The Morgan fingerprint density at radius 1 is 1.12 bits per heavy atom. The number of amides is 5. The van der Waals surface area contributed by atoms with E-state index in [1.165, 1.54) is 27.8 Å². The minimum absolute atomic E-state index is 0.0405. The zero-order valence-corrected chi connectivity index (χ0v) is 25.3. The summed E-state index contributed by atoms with van der Waals surface area (Å²) < 4.78 is -1.22. The summed E-state index contributed by atoms with van der Waals surface area (Å²) in [6, 6.07) is -5.44. The molecule has 0 radical (unpaired) electrons. The first-order valence-corrected chi connectivity index (χ1v) is 15.0. The number of aliphatic carboxylic acids is 2. The lowest BCUT2D eigenvalue weighted by Crippen LogP contribution is -2.58. The molecule has 4 atom stereocenters. The van der Waals surface area contributed by atoms with E-state index in [1.807, 2.05) is 0 Å². The lowest BCUT2D eigenvalue weighted by atomic mass is 10.0. The Morgan fingerprint density at radius 3 is 2.31 bits per heavy atom. The van der Waals surface area contributed by atoms with E-state index in [0.717, 1.165) is 26.5 Å². The predicted octanol–water partition coefficient (Wildman–Crippen LogP) is -2.81. The van der Waals surface area contributed by atoms with Crippen molar-refractivity contribution in [2.45, 2.75) is 68.9 Å². The van der Waals surface area contributed by atoms with E-state index >= 15 is 0 Å². The van der Waals surface area contributed by atoms with Crippen LogP contribution in [0.1, 0.15) is 40.0 Å². The minimum Gasteiger partial charge on any atom is -0.481 e. The van der Waals surface area contributed by atoms with E-state index in [0.29, 0.717) is 0 Å². The Labute approximate surface area is 250 Å². The summed E-state index contributed by atoms with van der Waals surface area (Å²) in [7, 11) is 3.40. The molecule has 19 heteroatoms. The van der Waals surface area contributed by atoms with Crippen LogP contribution < -0.4 is 32.7 Å². The number of carboxylic acid groups (broad SMARTS) is 2. The van der Waals surface area contributed by atoms with Gasteiger partial charge < -0.3 is 47.8 Å². The summed E-state index contributed by atoms with van der Waals surface area (Å²) in [4.78, 5) is 92.5. The first kappa shape index (κ1) is 36.3. The van der Waals surface area contributed by atoms with Gasteiger partial charge in [-0.05, 0) is 26.7 Å². The van der Waals surface area contributed by atoms with Crippen molar-refractivity contribution in [1.82, 2.24) is 26.2 Å². The van der Waals surface area contributed by atoms with Gasteiger partial charge in [-0.2, -0.15) is 0 Å². The number of carbonyl (C=O) groups is 7. The van der Waals surface area contributed by atoms with Crippen molar-refractivity contribution in [3.63, 3.8) is 0 Å². The average molecular weight is 635 g/mol. The van der Waals surface area contributed by atoms with Gasteiger partial charge in [0.25, 0.3) is 0 Å². The quantitative estimate of drug-likeness (QED) is 0.0580. The van der Waals surface area contributed by atoms with Crippen molar-refractivity contribution < 1.29 is 43.8 Å². The highest BCUT2D eigenvalue weighted by atomic mass is 33.1. The Kier molecular flexibility index (Phi) is 14.4. The maximum atomic E-state index is 13.5. The Balaban J connectivity index is 3.46. The van der Waals surface area contributed by atoms with Gasteiger partial charge >= 0.3 is 11.9 Å². The van der Waals surface area contributed by atoms with Gasteiger partial charge in [0.05, 0.1) is 17.7 Å². The third kappa shape index (κ3) is 12.0. The Hall–Kier alpha value is -3.74. The highest BCUT2D eigenvalue weighted by molar-refractivity contribution is 8.77. The molecule has 1 rings (SSSR count). The number of nitrogens with one attached hydrogen (secondary N) is 4. The van der Waals surface area contributed by atoms with Gasteiger partial charge in [0, 0.05) is 26.3 Å². The molecule has 0 aromatic carbocycles. The lowest BCUT2D eigenvalue weighted by Gasteiger charge is -2.33. The molecule has 0 bridgehead atoms. The summed E-state index contributed by atoms with van der Waals surface area (Å²) in [5.74, 6) is -6.96. The van der Waals surface area contributed by atoms with Crippen molar-refractivity contribution in [2.75, 3.05) is 25.9 Å². The van der Waals surface area contributed by atoms with Crippen LogP contribution in [0.5, 0.6) is 0 Å². The second-order valence-corrected chi connectivity index (χ2v) is 12.8. The maximum absolute atomic E-state index is 13.5. The topological polar surface area (TPSA) is 276 Å². The van der Waals surface area contributed by atoms with E-state index in [2.05, 4.69) is 26.3 Å². The Morgan fingerprint density at radius 2 is 1.76 bits per heavy atom. The molecule has 1 saturated heterocycles. The molecule has 236 valence electrons. The number of carbonyl (C=O) groups excluding carboxylic acids is 5. The van der Waals surface area contributed by atoms with Gasteiger partial charge in [0.15, 0.2) is 5.96 Å². The van der Waals surface area contributed by atoms with Gasteiger partial charge in [-0.3, -0.25) is 33.8 Å². The van der Waals surface area contributed by atoms with Gasteiger partial charge in [0.1, 0.15) is 24.2 Å². The van der Waals surface area contributed by atoms with Gasteiger partial charge in [0.2, 0.25) is 29.5 Å². The zero-order valence-electron chi connectivity index (χ0n) is 23.7. The number of guanidine groups is 1. The van der Waals surface area contributed by atoms with Crippen molar-refractivity contribution in [3.05, 3.63) is 0 Å². The number of hydrogen-bond donors (Lipinski definition) is 8. The molecular weight excluding hydrogens is 596 g/mol. The molecule has 0 aliphatic carbocycles. The summed E-state index contributed by atoms with van der Waals surface area (Å²) in [5, 5.41) is 28.5. The second-order valence-electron chi connectivity index (χ2n) is 9.85. The second kappa shape index (κ2) is 16.6. The van der Waals surface area contributed by atoms with Crippen molar-refractivity contribution in [3.8, 4) is 0 Å². The first-order chi connectivity index (χ1) is 19.5. The fourth-order valence-corrected chi connectivity index (χ4v) is 6.61. The number of likely N-dealkylation sites (N-methyl/N-ethyl adjacent to an activating group) is 1. The predicted molar refractivity (Wildman–Crippen MR) is 155 cm³/mol. The smallest absolute Gasteiger partial charge is 0.327 e. The largest absolute Gasteiger partial charge is 0.481 e. The molecule has 10 N–H and O–H groups in total. The van der Waals surface area contributed by atoms with Crippen LogP contribution in [0.2, 0.25) is 0 Å². The normalized spacial score (nSPS) is 24.3. The van der Waals surface area contributed by atoms with Crippen molar-refractivity contribution >= 4 is 69.0 Å². The summed E-state index contributed by atoms with van der Waals surface area (Å²) in [6.45, 7) is 3.68. The lowest BCUT2D eigenvalue weighted by molar-refractivity contribution is -0.144. The van der Waals surface area contributed by atoms with Gasteiger partial charge in [-0.25, -0.2) is 4.79 Å². The fraction of sp³-hybridized carbons (Fsp3) is 0.652. The molecule has 0 spiro atoms. The molecule has 0 aromatic rings. The molecule has 1 heterocycles. The molecule has 0 aromatic heterocycles. The number of aliphatic imine (C=N–C) groups is 1. The molecule has 17 nitrogen and oxygen atoms in total. The minimum atomic E-state index is -1.65. The third-order valence-electron chi connectivity index (χ3n) is 5.91. The summed E-state index contributed by atoms with van der Waals surface area (Å²) >= 11 is 0. The highest BCUT2D eigenvalue weighted by Crippen LogP contribution is 2.39. The Bertz CT molecular complexity index is 1080. The van der Waals surface area contributed by atoms with Crippen LogP contribution in [-0.2, 0) is 33.6 Å². The number of rotatable bonds is 8. The van der Waals surface area contributed by atoms with Crippen LogP contribution in [-0.4, -0.2) is 117 Å². The summed E-state index contributed by atoms with van der Waals surface area (Å²) in [6.07, 6.45) is -0.525. The van der Waals surface area contributed by atoms with E-state index in [-0.39, 0.29) is 31.1 Å². The van der Waals surface area contributed by atoms with Gasteiger partial charge in [-0.15, -0.1) is 0 Å². The first-order valence-electron chi connectivity index (χ1n) is 12.7. The number of hydrogen-bond acceptors (Lipinski definition) is 10. The van der Waals surface area contributed by atoms with Crippen LogP contribution in [0.15, 0.2) is 4.99 Å². The van der Waals surface area contributed by atoms with Crippen LogP contribution >= 0.6 is 21.6 Å². The molecule has 5 amide bonds. The molecule has 0 unspecified atom stereocenters. The molecule has 42 heavy (non-hydrogen) atoms. The molecule has 1 aliphatic rings. The standard InChI is InChI=1S/C23H38N8O9S2/c1-11(32)28-13-10-41-42-23(2,3)17(21(39)40)30-18(36)12(8-16(34)35)29-15(33)9-27-19(37)14(31(4)20(13)38)6-5-7-26-22(24)25/h12-14,17H,5-10H2,1-4H3,(H,27,37)(H,28,32)(H,29,33)(H,30,36)(H,34,35)(H,39,40)(H4,24,25,26)/t12-,13-,14-,17-/m0/s1. The van der Waals surface area contributed by atoms with E-state index < -0.39 is 83.4 Å². The van der Waals surface area contributed by atoms with E-state index in [1.54, 1.807) is 0 Å². The van der Waals surface area contributed by atoms with Gasteiger partial charge in [-0.1, -0.05) is 21.6 Å². The van der Waals surface area contributed by atoms with Crippen LogP contribution in [0.3, 0.4) is 0 Å². The monoisotopic (exact) mass is 634 g/mol. The van der Waals surface area contributed by atoms with Crippen LogP contribution in [0.25, 0.3) is 0 Å². The highest BCUT2D eigenvalue weighted by Gasteiger charge is 2.40. The van der Waals surface area contributed by atoms with Crippen LogP contribution in [0, 0.1) is 0 Å². The number of carboxylic acids is 2. The van der Waals surface area contributed by atoms with E-state index in [4.69, 9.17) is 11.5 Å². The zero-order chi connectivity index (χ0) is 32.2. The molecule has 1 aliphatic heterocycles. The molecule has 1 fully saturated rings.